The maximum Gasteiger partial charge on any atom is 0.250 e. The summed E-state index contributed by atoms with van der Waals surface area (Å²) >= 11 is 1.69. The van der Waals surface area contributed by atoms with Crippen molar-refractivity contribution in [2.45, 2.75) is 20.0 Å². The second-order valence-electron chi connectivity index (χ2n) is 4.08. The Morgan fingerprint density at radius 2 is 2.24 bits per heavy atom. The fourth-order valence-electron chi connectivity index (χ4n) is 1.48. The lowest BCUT2D eigenvalue weighted by Crippen LogP contribution is -2.20. The summed E-state index contributed by atoms with van der Waals surface area (Å²) in [5.74, 6) is -0.117. The van der Waals surface area contributed by atoms with Gasteiger partial charge in [-0.3, -0.25) is 4.79 Å². The fraction of sp³-hybridized carbons (Fsp3) is 0.308. The highest BCUT2D eigenvalue weighted by Crippen LogP contribution is 2.23. The van der Waals surface area contributed by atoms with Gasteiger partial charge in [-0.2, -0.15) is 0 Å². The van der Waals surface area contributed by atoms with E-state index in [0.717, 1.165) is 11.1 Å². The maximum atomic E-state index is 11.6. The minimum Gasteiger partial charge on any atom is -0.369 e. The molecule has 1 aromatic carbocycles. The molecule has 0 saturated heterocycles. The molecular formula is C13H15NO2S. The molecule has 2 aromatic rings. The summed E-state index contributed by atoms with van der Waals surface area (Å²) in [4.78, 5) is 11.6. The van der Waals surface area contributed by atoms with E-state index in [1.54, 1.807) is 11.3 Å². The topological polar surface area (TPSA) is 38.3 Å². The summed E-state index contributed by atoms with van der Waals surface area (Å²) < 4.78 is 6.46. The first-order valence-electron chi connectivity index (χ1n) is 5.54. The van der Waals surface area contributed by atoms with Gasteiger partial charge in [0.1, 0.15) is 6.61 Å². The van der Waals surface area contributed by atoms with Crippen molar-refractivity contribution < 1.29 is 9.53 Å². The molecule has 1 N–H and O–H groups in total. The zero-order valence-corrected chi connectivity index (χ0v) is 10.7. The van der Waals surface area contributed by atoms with E-state index in [1.165, 1.54) is 4.70 Å². The Bertz CT molecular complexity index is 519. The summed E-state index contributed by atoms with van der Waals surface area (Å²) in [5.41, 5.74) is 0.813. The van der Waals surface area contributed by atoms with Crippen molar-refractivity contribution in [3.05, 3.63) is 29.6 Å². The first-order chi connectivity index (χ1) is 8.15. The average molecular weight is 249 g/mol. The molecule has 0 bridgehead atoms. The van der Waals surface area contributed by atoms with Crippen LogP contribution in [0.2, 0.25) is 0 Å². The summed E-state index contributed by atoms with van der Waals surface area (Å²) in [6.07, 6.45) is 0.0695. The first-order valence-corrected chi connectivity index (χ1v) is 6.42. The molecule has 0 aliphatic heterocycles. The Morgan fingerprint density at radius 3 is 3.00 bits per heavy atom. The number of hydrogen-bond acceptors (Lipinski definition) is 3. The molecule has 1 heterocycles. The Hall–Kier alpha value is -1.39. The molecular weight excluding hydrogens is 234 g/mol. The highest BCUT2D eigenvalue weighted by molar-refractivity contribution is 7.17. The number of fused-ring (bicyclic) bond motifs is 1. The molecule has 1 aromatic heterocycles. The zero-order chi connectivity index (χ0) is 12.3. The Balaban J connectivity index is 2.00. The molecule has 17 heavy (non-hydrogen) atoms. The number of nitrogens with one attached hydrogen (secondary N) is 1. The van der Waals surface area contributed by atoms with Gasteiger partial charge in [-0.05, 0) is 48.9 Å². The van der Waals surface area contributed by atoms with E-state index in [9.17, 15) is 4.79 Å². The zero-order valence-electron chi connectivity index (χ0n) is 9.90. The maximum absolute atomic E-state index is 11.6. The van der Waals surface area contributed by atoms with Crippen LogP contribution >= 0.6 is 11.3 Å². The number of rotatable bonds is 4. The predicted octanol–water partition coefficient (Wildman–Crippen LogP) is 3.26. The normalized spacial score (nSPS) is 11.0. The Morgan fingerprint density at radius 1 is 1.41 bits per heavy atom. The van der Waals surface area contributed by atoms with Crippen LogP contribution in [-0.2, 0) is 9.53 Å². The quantitative estimate of drug-likeness (QED) is 0.903. The second kappa shape index (κ2) is 5.29. The highest BCUT2D eigenvalue weighted by Gasteiger charge is 2.04. The van der Waals surface area contributed by atoms with Gasteiger partial charge in [0.05, 0.1) is 6.10 Å². The van der Waals surface area contributed by atoms with E-state index in [2.05, 4.69) is 5.32 Å². The molecule has 0 unspecified atom stereocenters. The minimum absolute atomic E-state index is 0.0695. The van der Waals surface area contributed by atoms with Crippen LogP contribution in [-0.4, -0.2) is 18.6 Å². The number of amides is 1. The number of carbonyl (C=O) groups excluding carboxylic acids is 1. The number of hydrogen-bond donors (Lipinski definition) is 1. The van der Waals surface area contributed by atoms with Gasteiger partial charge in [0.25, 0.3) is 0 Å². The smallest absolute Gasteiger partial charge is 0.250 e. The average Bonchev–Trinajstić information content (AvgIpc) is 2.73. The molecule has 0 fully saturated rings. The summed E-state index contributed by atoms with van der Waals surface area (Å²) in [6.45, 7) is 3.91. The molecule has 1 amide bonds. The van der Waals surface area contributed by atoms with Crippen molar-refractivity contribution in [3.63, 3.8) is 0 Å². The molecule has 0 radical (unpaired) electrons. The molecule has 0 saturated carbocycles. The third-order valence-electron chi connectivity index (χ3n) is 2.28. The van der Waals surface area contributed by atoms with E-state index >= 15 is 0 Å². The van der Waals surface area contributed by atoms with Crippen LogP contribution in [0.3, 0.4) is 0 Å². The van der Waals surface area contributed by atoms with Crippen LogP contribution in [0, 0.1) is 0 Å². The van der Waals surface area contributed by atoms with Crippen molar-refractivity contribution in [3.8, 4) is 0 Å². The number of carbonyl (C=O) groups is 1. The summed E-state index contributed by atoms with van der Waals surface area (Å²) in [6, 6.07) is 7.93. The van der Waals surface area contributed by atoms with Gasteiger partial charge in [0.15, 0.2) is 0 Å². The SMILES string of the molecule is CC(C)OCC(=O)Nc1ccc2sccc2c1. The van der Waals surface area contributed by atoms with Gasteiger partial charge in [-0.15, -0.1) is 11.3 Å². The van der Waals surface area contributed by atoms with Gasteiger partial charge < -0.3 is 10.1 Å². The van der Waals surface area contributed by atoms with Gasteiger partial charge >= 0.3 is 0 Å². The van der Waals surface area contributed by atoms with Crippen molar-refractivity contribution in [1.82, 2.24) is 0 Å². The van der Waals surface area contributed by atoms with Crippen LogP contribution in [0.5, 0.6) is 0 Å². The second-order valence-corrected chi connectivity index (χ2v) is 5.03. The Kier molecular flexibility index (Phi) is 3.76. The van der Waals surface area contributed by atoms with Crippen molar-refractivity contribution in [2.24, 2.45) is 0 Å². The van der Waals surface area contributed by atoms with E-state index in [-0.39, 0.29) is 18.6 Å². The van der Waals surface area contributed by atoms with Crippen molar-refractivity contribution in [2.75, 3.05) is 11.9 Å². The molecule has 0 aliphatic rings. The highest BCUT2D eigenvalue weighted by atomic mass is 32.1. The van der Waals surface area contributed by atoms with Crippen LogP contribution < -0.4 is 5.32 Å². The van der Waals surface area contributed by atoms with Gasteiger partial charge in [0, 0.05) is 10.4 Å². The number of ether oxygens (including phenoxy) is 1. The first kappa shape index (κ1) is 12.1. The third kappa shape index (κ3) is 3.28. The number of anilines is 1. The monoisotopic (exact) mass is 249 g/mol. The van der Waals surface area contributed by atoms with E-state index in [4.69, 9.17) is 4.74 Å². The lowest BCUT2D eigenvalue weighted by molar-refractivity contribution is -0.121. The predicted molar refractivity (Wildman–Crippen MR) is 71.5 cm³/mol. The van der Waals surface area contributed by atoms with E-state index in [1.807, 2.05) is 43.5 Å². The van der Waals surface area contributed by atoms with Crippen molar-refractivity contribution in [1.29, 1.82) is 0 Å². The molecule has 4 heteroatoms. The van der Waals surface area contributed by atoms with Crippen molar-refractivity contribution >= 4 is 33.0 Å². The number of benzene rings is 1. The Labute approximate surface area is 104 Å². The number of thiophene rings is 1. The molecule has 0 atom stereocenters. The molecule has 2 rings (SSSR count). The van der Waals surface area contributed by atoms with E-state index in [0.29, 0.717) is 0 Å². The summed E-state index contributed by atoms with van der Waals surface area (Å²) in [7, 11) is 0. The molecule has 3 nitrogen and oxygen atoms in total. The molecule has 0 aliphatic carbocycles. The standard InChI is InChI=1S/C13H15NO2S/c1-9(2)16-8-13(15)14-11-3-4-12-10(7-11)5-6-17-12/h3-7,9H,8H2,1-2H3,(H,14,15). The molecule has 0 spiro atoms. The lowest BCUT2D eigenvalue weighted by atomic mass is 10.2. The van der Waals surface area contributed by atoms with Gasteiger partial charge in [-0.25, -0.2) is 0 Å². The van der Waals surface area contributed by atoms with Crippen LogP contribution in [0.25, 0.3) is 10.1 Å². The van der Waals surface area contributed by atoms with E-state index < -0.39 is 0 Å². The minimum atomic E-state index is -0.117. The molecule has 90 valence electrons. The van der Waals surface area contributed by atoms with Crippen LogP contribution in [0.1, 0.15) is 13.8 Å². The summed E-state index contributed by atoms with van der Waals surface area (Å²) in [5, 5.41) is 6.01. The fourth-order valence-corrected chi connectivity index (χ4v) is 2.25. The third-order valence-corrected chi connectivity index (χ3v) is 3.18. The largest absolute Gasteiger partial charge is 0.369 e. The van der Waals surface area contributed by atoms with Gasteiger partial charge in [-0.1, -0.05) is 0 Å². The lowest BCUT2D eigenvalue weighted by Gasteiger charge is -2.08. The van der Waals surface area contributed by atoms with Crippen LogP contribution in [0.4, 0.5) is 5.69 Å². The van der Waals surface area contributed by atoms with Crippen LogP contribution in [0.15, 0.2) is 29.6 Å². The van der Waals surface area contributed by atoms with Gasteiger partial charge in [0.2, 0.25) is 5.91 Å².